The minimum absolute atomic E-state index is 0.109. The average Bonchev–Trinajstić information content (AvgIpc) is 2.74. The van der Waals surface area contributed by atoms with Crippen molar-refractivity contribution < 1.29 is 32.2 Å². The molecule has 6 nitrogen and oxygen atoms in total. The molecular weight excluding hydrogens is 457 g/mol. The van der Waals surface area contributed by atoms with Crippen LogP contribution >= 0.6 is 11.8 Å². The van der Waals surface area contributed by atoms with E-state index in [0.29, 0.717) is 41.3 Å². The largest absolute Gasteiger partial charge is 0.496 e. The van der Waals surface area contributed by atoms with E-state index in [1.165, 1.54) is 26.4 Å². The lowest BCUT2D eigenvalue weighted by molar-refractivity contribution is -0.120. The highest BCUT2D eigenvalue weighted by Gasteiger charge is 2.29. The van der Waals surface area contributed by atoms with Crippen molar-refractivity contribution in [3.05, 3.63) is 47.5 Å². The Hall–Kier alpha value is -2.59. The van der Waals surface area contributed by atoms with E-state index in [2.05, 4.69) is 5.32 Å². The minimum Gasteiger partial charge on any atom is -0.496 e. The number of nitrogens with two attached hydrogens (primary N) is 1. The molecule has 33 heavy (non-hydrogen) atoms. The van der Waals surface area contributed by atoms with Gasteiger partial charge in [-0.3, -0.25) is 4.79 Å². The number of rotatable bonds is 12. The highest BCUT2D eigenvalue weighted by Crippen LogP contribution is 2.37. The molecule has 0 saturated carbocycles. The molecule has 10 heteroatoms. The summed E-state index contributed by atoms with van der Waals surface area (Å²) >= 11 is -0.162. The Kier molecular flexibility index (Phi) is 9.72. The summed E-state index contributed by atoms with van der Waals surface area (Å²) in [7, 11) is 3.03. The highest BCUT2D eigenvalue weighted by atomic mass is 32.2. The monoisotopic (exact) mass is 486 g/mol. The maximum atomic E-state index is 12.5. The molecule has 2 rings (SSSR count). The van der Waals surface area contributed by atoms with E-state index < -0.39 is 17.5 Å². The zero-order chi connectivity index (χ0) is 24.6. The second-order valence-corrected chi connectivity index (χ2v) is 8.89. The molecule has 0 spiro atoms. The normalized spacial score (nSPS) is 12.5. The standard InChI is InChI=1S/C23H29F3N2O4S/c1-14(2)9-19(22(27)29)28-12-18-20(30-3)10-16(11-21(18)31-4)32-13-15-5-7-17(8-6-15)33-23(24,25)26/h5-8,10-11,14,19,28H,9,12-13H2,1-4H3,(H2,27,29)/t19-/m0/s1. The minimum atomic E-state index is -4.33. The van der Waals surface area contributed by atoms with E-state index in [-0.39, 0.29) is 29.2 Å². The summed E-state index contributed by atoms with van der Waals surface area (Å²) in [5.74, 6) is 1.33. The molecule has 0 aliphatic rings. The van der Waals surface area contributed by atoms with Gasteiger partial charge in [0.1, 0.15) is 23.9 Å². The van der Waals surface area contributed by atoms with Gasteiger partial charge in [-0.25, -0.2) is 0 Å². The molecule has 0 aromatic heterocycles. The fraction of sp³-hybridized carbons (Fsp3) is 0.435. The molecule has 1 atom stereocenters. The molecule has 1 amide bonds. The number of hydrogen-bond acceptors (Lipinski definition) is 6. The van der Waals surface area contributed by atoms with Crippen molar-refractivity contribution in [2.45, 2.75) is 49.9 Å². The van der Waals surface area contributed by atoms with E-state index in [1.807, 2.05) is 13.8 Å². The van der Waals surface area contributed by atoms with E-state index in [0.717, 1.165) is 0 Å². The molecule has 0 heterocycles. The van der Waals surface area contributed by atoms with E-state index in [9.17, 15) is 18.0 Å². The second kappa shape index (κ2) is 12.0. The van der Waals surface area contributed by atoms with Gasteiger partial charge in [-0.15, -0.1) is 0 Å². The van der Waals surface area contributed by atoms with Gasteiger partial charge >= 0.3 is 5.51 Å². The maximum Gasteiger partial charge on any atom is 0.446 e. The Labute approximate surface area is 196 Å². The second-order valence-electron chi connectivity index (χ2n) is 7.75. The summed E-state index contributed by atoms with van der Waals surface area (Å²) in [6.07, 6.45) is 0.599. The molecule has 0 radical (unpaired) electrons. The van der Waals surface area contributed by atoms with Crippen molar-refractivity contribution >= 4 is 17.7 Å². The number of nitrogens with one attached hydrogen (secondary N) is 1. The molecule has 0 saturated heterocycles. The number of halogens is 3. The van der Waals surface area contributed by atoms with E-state index in [1.54, 1.807) is 24.3 Å². The third kappa shape index (κ3) is 8.70. The van der Waals surface area contributed by atoms with E-state index >= 15 is 0 Å². The first-order chi connectivity index (χ1) is 15.5. The predicted octanol–water partition coefficient (Wildman–Crippen LogP) is 4.88. The number of methoxy groups -OCH3 is 2. The van der Waals surface area contributed by atoms with Gasteiger partial charge in [0.2, 0.25) is 5.91 Å². The Balaban J connectivity index is 2.11. The molecule has 0 unspecified atom stereocenters. The van der Waals surface area contributed by atoms with Gasteiger partial charge < -0.3 is 25.3 Å². The van der Waals surface area contributed by atoms with Gasteiger partial charge in [0, 0.05) is 23.6 Å². The zero-order valence-corrected chi connectivity index (χ0v) is 19.8. The number of carbonyl (C=O) groups is 1. The fourth-order valence-corrected chi connectivity index (χ4v) is 3.71. The average molecular weight is 487 g/mol. The number of thioether (sulfide) groups is 1. The SMILES string of the molecule is COc1cc(OCc2ccc(SC(F)(F)F)cc2)cc(OC)c1CN[C@@H](CC(C)C)C(N)=O. The molecule has 0 fully saturated rings. The number of alkyl halides is 3. The van der Waals surface area contributed by atoms with Crippen molar-refractivity contribution in [2.75, 3.05) is 14.2 Å². The summed E-state index contributed by atoms with van der Waals surface area (Å²) in [6, 6.07) is 8.86. The first-order valence-corrected chi connectivity index (χ1v) is 11.1. The number of primary amides is 1. The first-order valence-electron chi connectivity index (χ1n) is 10.3. The van der Waals surface area contributed by atoms with Crippen LogP contribution in [0.3, 0.4) is 0 Å². The molecule has 3 N–H and O–H groups in total. The van der Waals surface area contributed by atoms with Crippen LogP contribution in [0.4, 0.5) is 13.2 Å². The number of benzene rings is 2. The van der Waals surface area contributed by atoms with Crippen molar-refractivity contribution in [3.8, 4) is 17.2 Å². The summed E-state index contributed by atoms with van der Waals surface area (Å²) in [5, 5.41) is 3.16. The third-order valence-electron chi connectivity index (χ3n) is 4.72. The predicted molar refractivity (Wildman–Crippen MR) is 122 cm³/mol. The number of amides is 1. The quantitative estimate of drug-likeness (QED) is 0.416. The molecule has 0 bridgehead atoms. The van der Waals surface area contributed by atoms with Crippen LogP contribution in [-0.4, -0.2) is 31.7 Å². The zero-order valence-electron chi connectivity index (χ0n) is 19.0. The lowest BCUT2D eigenvalue weighted by Crippen LogP contribution is -2.41. The van der Waals surface area contributed by atoms with Crippen LogP contribution in [-0.2, 0) is 17.9 Å². The highest BCUT2D eigenvalue weighted by molar-refractivity contribution is 8.00. The van der Waals surface area contributed by atoms with Gasteiger partial charge in [0.05, 0.1) is 25.8 Å². The molecular formula is C23H29F3N2O4S. The number of ether oxygens (including phenoxy) is 3. The molecule has 0 aliphatic heterocycles. The van der Waals surface area contributed by atoms with E-state index in [4.69, 9.17) is 19.9 Å². The van der Waals surface area contributed by atoms with Gasteiger partial charge in [-0.05, 0) is 41.8 Å². The lowest BCUT2D eigenvalue weighted by Gasteiger charge is -2.20. The Morgan fingerprint density at radius 1 is 1.09 bits per heavy atom. The summed E-state index contributed by atoms with van der Waals surface area (Å²) in [6.45, 7) is 4.46. The van der Waals surface area contributed by atoms with Gasteiger partial charge in [-0.2, -0.15) is 13.2 Å². The van der Waals surface area contributed by atoms with Crippen LogP contribution in [0.5, 0.6) is 17.2 Å². The van der Waals surface area contributed by atoms with Crippen LogP contribution in [0.2, 0.25) is 0 Å². The van der Waals surface area contributed by atoms with Crippen LogP contribution in [0.25, 0.3) is 0 Å². The van der Waals surface area contributed by atoms with Gasteiger partial charge in [0.25, 0.3) is 0 Å². The van der Waals surface area contributed by atoms with Crippen molar-refractivity contribution in [2.24, 2.45) is 11.7 Å². The number of hydrogen-bond donors (Lipinski definition) is 2. The fourth-order valence-electron chi connectivity index (χ4n) is 3.17. The third-order valence-corrected chi connectivity index (χ3v) is 5.46. The van der Waals surface area contributed by atoms with Crippen LogP contribution in [0.1, 0.15) is 31.4 Å². The topological polar surface area (TPSA) is 82.8 Å². The maximum absolute atomic E-state index is 12.5. The molecule has 2 aromatic rings. The molecule has 182 valence electrons. The lowest BCUT2D eigenvalue weighted by atomic mass is 10.0. The van der Waals surface area contributed by atoms with Gasteiger partial charge in [-0.1, -0.05) is 26.0 Å². The van der Waals surface area contributed by atoms with Crippen LogP contribution < -0.4 is 25.3 Å². The number of carbonyl (C=O) groups excluding carboxylic acids is 1. The molecule has 2 aromatic carbocycles. The molecule has 0 aliphatic carbocycles. The Morgan fingerprint density at radius 3 is 2.12 bits per heavy atom. The summed E-state index contributed by atoms with van der Waals surface area (Å²) in [4.78, 5) is 11.9. The van der Waals surface area contributed by atoms with Gasteiger partial charge in [0.15, 0.2) is 0 Å². The summed E-state index contributed by atoms with van der Waals surface area (Å²) in [5.41, 5.74) is 2.60. The summed E-state index contributed by atoms with van der Waals surface area (Å²) < 4.78 is 54.2. The van der Waals surface area contributed by atoms with Crippen molar-refractivity contribution in [3.63, 3.8) is 0 Å². The van der Waals surface area contributed by atoms with Crippen molar-refractivity contribution in [1.82, 2.24) is 5.32 Å². The van der Waals surface area contributed by atoms with Crippen LogP contribution in [0, 0.1) is 5.92 Å². The Bertz CT molecular complexity index is 896. The Morgan fingerprint density at radius 2 is 1.67 bits per heavy atom. The smallest absolute Gasteiger partial charge is 0.446 e. The van der Waals surface area contributed by atoms with Crippen LogP contribution in [0.15, 0.2) is 41.3 Å². The first kappa shape index (κ1) is 26.7. The van der Waals surface area contributed by atoms with Crippen molar-refractivity contribution in [1.29, 1.82) is 0 Å².